The Balaban J connectivity index is 0.00000385. The number of methoxy groups -OCH3 is 3. The molecule has 0 unspecified atom stereocenters. The van der Waals surface area contributed by atoms with Crippen LogP contribution in [0.5, 0.6) is 17.2 Å². The number of halogens is 2. The van der Waals surface area contributed by atoms with E-state index >= 15 is 0 Å². The second kappa shape index (κ2) is 13.4. The van der Waals surface area contributed by atoms with E-state index in [0.717, 1.165) is 62.8 Å². The molecule has 7 nitrogen and oxygen atoms in total. The molecule has 0 spiro atoms. The van der Waals surface area contributed by atoms with E-state index in [0.29, 0.717) is 17.2 Å². The third-order valence-corrected chi connectivity index (χ3v) is 5.62. The molecule has 3 rings (SSSR count). The van der Waals surface area contributed by atoms with Gasteiger partial charge in [-0.2, -0.15) is 0 Å². The first-order valence-electron chi connectivity index (χ1n) is 10.8. The van der Waals surface area contributed by atoms with Crippen LogP contribution in [0.2, 0.25) is 0 Å². The summed E-state index contributed by atoms with van der Waals surface area (Å²) < 4.78 is 29.4. The number of benzene rings is 2. The van der Waals surface area contributed by atoms with E-state index in [1.807, 2.05) is 31.3 Å². The molecule has 2 aromatic carbocycles. The molecule has 1 heterocycles. The number of aliphatic imine (C=N–C) groups is 1. The van der Waals surface area contributed by atoms with Crippen molar-refractivity contribution in [2.45, 2.75) is 13.0 Å². The van der Waals surface area contributed by atoms with Gasteiger partial charge in [0.2, 0.25) is 5.75 Å². The summed E-state index contributed by atoms with van der Waals surface area (Å²) in [6, 6.07) is 10.6. The fourth-order valence-corrected chi connectivity index (χ4v) is 3.90. The topological polar surface area (TPSA) is 58.6 Å². The van der Waals surface area contributed by atoms with E-state index in [4.69, 9.17) is 14.2 Å². The molecular weight excluding hydrogens is 538 g/mol. The zero-order valence-electron chi connectivity index (χ0n) is 19.8. The first-order chi connectivity index (χ1) is 15.6. The summed E-state index contributed by atoms with van der Waals surface area (Å²) in [5, 5.41) is 3.43. The summed E-state index contributed by atoms with van der Waals surface area (Å²) >= 11 is 0. The normalized spacial score (nSPS) is 14.5. The lowest BCUT2D eigenvalue weighted by Gasteiger charge is -2.36. The van der Waals surface area contributed by atoms with E-state index in [2.05, 4.69) is 20.1 Å². The van der Waals surface area contributed by atoms with Crippen LogP contribution in [0.3, 0.4) is 0 Å². The fourth-order valence-electron chi connectivity index (χ4n) is 3.90. The maximum atomic E-state index is 13.1. The minimum Gasteiger partial charge on any atom is -0.493 e. The lowest BCUT2D eigenvalue weighted by molar-refractivity contribution is 0.172. The molecular formula is C24H34FIN4O3. The van der Waals surface area contributed by atoms with Crippen molar-refractivity contribution in [2.75, 3.05) is 61.1 Å². The van der Waals surface area contributed by atoms with Crippen molar-refractivity contribution in [1.82, 2.24) is 15.1 Å². The average molecular weight is 572 g/mol. The van der Waals surface area contributed by atoms with Gasteiger partial charge in [0.05, 0.1) is 21.3 Å². The van der Waals surface area contributed by atoms with E-state index in [-0.39, 0.29) is 29.8 Å². The Morgan fingerprint density at radius 1 is 0.939 bits per heavy atom. The van der Waals surface area contributed by atoms with Gasteiger partial charge in [0.1, 0.15) is 5.82 Å². The third kappa shape index (κ3) is 7.36. The van der Waals surface area contributed by atoms with Gasteiger partial charge in [0.25, 0.3) is 0 Å². The summed E-state index contributed by atoms with van der Waals surface area (Å²) in [4.78, 5) is 9.12. The van der Waals surface area contributed by atoms with Gasteiger partial charge in [-0.3, -0.25) is 9.89 Å². The molecule has 0 radical (unpaired) electrons. The molecule has 1 aliphatic rings. The summed E-state index contributed by atoms with van der Waals surface area (Å²) in [6.07, 6.45) is 0.820. The monoisotopic (exact) mass is 572 g/mol. The van der Waals surface area contributed by atoms with Crippen molar-refractivity contribution in [1.29, 1.82) is 0 Å². The molecule has 2 aromatic rings. The van der Waals surface area contributed by atoms with Crippen molar-refractivity contribution in [3.8, 4) is 17.2 Å². The minimum atomic E-state index is -0.207. The second-order valence-corrected chi connectivity index (χ2v) is 7.65. The Morgan fingerprint density at radius 3 is 2.06 bits per heavy atom. The largest absolute Gasteiger partial charge is 0.493 e. The number of piperazine rings is 1. The fraction of sp³-hybridized carbons (Fsp3) is 0.458. The van der Waals surface area contributed by atoms with Crippen LogP contribution in [0.25, 0.3) is 0 Å². The smallest absolute Gasteiger partial charge is 0.203 e. The van der Waals surface area contributed by atoms with Gasteiger partial charge in [-0.1, -0.05) is 12.1 Å². The number of rotatable bonds is 8. The number of hydrogen-bond acceptors (Lipinski definition) is 5. The van der Waals surface area contributed by atoms with Crippen LogP contribution in [0.1, 0.15) is 11.1 Å². The van der Waals surface area contributed by atoms with E-state index < -0.39 is 0 Å². The summed E-state index contributed by atoms with van der Waals surface area (Å²) in [5.41, 5.74) is 2.22. The molecule has 9 heteroatoms. The lowest BCUT2D eigenvalue weighted by Crippen LogP contribution is -2.52. The molecule has 0 atom stereocenters. The summed E-state index contributed by atoms with van der Waals surface area (Å²) in [7, 11) is 6.69. The van der Waals surface area contributed by atoms with Gasteiger partial charge in [-0.15, -0.1) is 24.0 Å². The van der Waals surface area contributed by atoms with E-state index in [1.165, 1.54) is 12.1 Å². The molecule has 0 saturated carbocycles. The second-order valence-electron chi connectivity index (χ2n) is 7.65. The molecule has 0 aliphatic carbocycles. The number of hydrogen-bond donors (Lipinski definition) is 1. The van der Waals surface area contributed by atoms with Crippen LogP contribution in [-0.4, -0.2) is 76.9 Å². The molecule has 0 bridgehead atoms. The lowest BCUT2D eigenvalue weighted by atomic mass is 10.1. The molecule has 182 valence electrons. The SMILES string of the molecule is CN=C(NCCc1ccc(F)cc1)N1CCN(Cc2cc(OC)c(OC)c(OC)c2)CC1.I. The highest BCUT2D eigenvalue weighted by Crippen LogP contribution is 2.38. The molecule has 1 N–H and O–H groups in total. The van der Waals surface area contributed by atoms with Gasteiger partial charge >= 0.3 is 0 Å². The zero-order chi connectivity index (χ0) is 22.9. The average Bonchev–Trinajstić information content (AvgIpc) is 2.83. The summed E-state index contributed by atoms with van der Waals surface area (Å²) in [5.74, 6) is 2.65. The minimum absolute atomic E-state index is 0. The molecule has 0 amide bonds. The van der Waals surface area contributed by atoms with Crippen LogP contribution >= 0.6 is 24.0 Å². The number of nitrogens with one attached hydrogen (secondary N) is 1. The molecule has 0 aromatic heterocycles. The first kappa shape index (κ1) is 27.0. The van der Waals surface area contributed by atoms with Crippen LogP contribution in [0, 0.1) is 5.82 Å². The van der Waals surface area contributed by atoms with Crippen molar-refractivity contribution >= 4 is 29.9 Å². The van der Waals surface area contributed by atoms with Crippen LogP contribution in [-0.2, 0) is 13.0 Å². The Hall–Kier alpha value is -2.27. The Bertz CT molecular complexity index is 878. The Kier molecular flexibility index (Phi) is 11.0. The molecule has 1 saturated heterocycles. The van der Waals surface area contributed by atoms with Gasteiger partial charge in [-0.25, -0.2) is 4.39 Å². The van der Waals surface area contributed by atoms with Crippen molar-refractivity contribution in [2.24, 2.45) is 4.99 Å². The molecule has 33 heavy (non-hydrogen) atoms. The maximum absolute atomic E-state index is 13.1. The molecule has 1 fully saturated rings. The predicted molar refractivity (Wildman–Crippen MR) is 140 cm³/mol. The number of nitrogens with zero attached hydrogens (tertiary/aromatic N) is 3. The Labute approximate surface area is 212 Å². The quantitative estimate of drug-likeness (QED) is 0.298. The van der Waals surface area contributed by atoms with Gasteiger partial charge in [0.15, 0.2) is 17.5 Å². The van der Waals surface area contributed by atoms with Crippen molar-refractivity contribution < 1.29 is 18.6 Å². The highest BCUT2D eigenvalue weighted by molar-refractivity contribution is 14.0. The zero-order valence-corrected chi connectivity index (χ0v) is 22.1. The van der Waals surface area contributed by atoms with Gasteiger partial charge in [-0.05, 0) is 41.8 Å². The predicted octanol–water partition coefficient (Wildman–Crippen LogP) is 3.41. The van der Waals surface area contributed by atoms with E-state index in [9.17, 15) is 4.39 Å². The van der Waals surface area contributed by atoms with Gasteiger partial charge in [0, 0.05) is 46.3 Å². The Morgan fingerprint density at radius 2 is 1.55 bits per heavy atom. The van der Waals surface area contributed by atoms with E-state index in [1.54, 1.807) is 21.3 Å². The van der Waals surface area contributed by atoms with Gasteiger partial charge < -0.3 is 24.4 Å². The van der Waals surface area contributed by atoms with Crippen LogP contribution in [0.15, 0.2) is 41.4 Å². The third-order valence-electron chi connectivity index (χ3n) is 5.62. The maximum Gasteiger partial charge on any atom is 0.203 e. The van der Waals surface area contributed by atoms with Crippen LogP contribution < -0.4 is 19.5 Å². The van der Waals surface area contributed by atoms with Crippen LogP contribution in [0.4, 0.5) is 4.39 Å². The standard InChI is InChI=1S/C24H33FN4O3.HI/c1-26-24(27-10-9-18-5-7-20(25)8-6-18)29-13-11-28(12-14-29)17-19-15-21(30-2)23(32-4)22(16-19)31-3;/h5-8,15-16H,9-14,17H2,1-4H3,(H,26,27);1H. The number of ether oxygens (including phenoxy) is 3. The molecule has 1 aliphatic heterocycles. The highest BCUT2D eigenvalue weighted by atomic mass is 127. The highest BCUT2D eigenvalue weighted by Gasteiger charge is 2.21. The van der Waals surface area contributed by atoms with Crippen molar-refractivity contribution in [3.63, 3.8) is 0 Å². The van der Waals surface area contributed by atoms with Crippen molar-refractivity contribution in [3.05, 3.63) is 53.3 Å². The summed E-state index contributed by atoms with van der Waals surface area (Å²) in [6.45, 7) is 5.19. The number of guanidine groups is 1. The first-order valence-corrected chi connectivity index (χ1v) is 10.8.